The molecule has 3 nitrogen and oxygen atoms in total. The van der Waals surface area contributed by atoms with Crippen LogP contribution in [0.1, 0.15) is 36.2 Å². The number of nitrogens with zero attached hydrogens (tertiary/aromatic N) is 2. The zero-order valence-electron chi connectivity index (χ0n) is 13.0. The van der Waals surface area contributed by atoms with Crippen LogP contribution in [-0.4, -0.2) is 18.6 Å². The molecule has 0 saturated heterocycles. The third-order valence-electron chi connectivity index (χ3n) is 3.45. The van der Waals surface area contributed by atoms with E-state index in [1.165, 1.54) is 11.3 Å². The van der Waals surface area contributed by atoms with Crippen LogP contribution in [0, 0.1) is 6.92 Å². The van der Waals surface area contributed by atoms with Gasteiger partial charge in [-0.25, -0.2) is 4.98 Å². The van der Waals surface area contributed by atoms with Gasteiger partial charge >= 0.3 is 0 Å². The van der Waals surface area contributed by atoms with Crippen molar-refractivity contribution >= 4 is 33.0 Å². The number of hydrogen-bond acceptors (Lipinski definition) is 4. The Morgan fingerprint density at radius 2 is 2.19 bits per heavy atom. The summed E-state index contributed by atoms with van der Waals surface area (Å²) in [6, 6.07) is 6.81. The first-order valence-corrected chi connectivity index (χ1v) is 8.83. The zero-order chi connectivity index (χ0) is 15.4. The number of benzene rings is 1. The van der Waals surface area contributed by atoms with Crippen LogP contribution in [0.3, 0.4) is 0 Å². The van der Waals surface area contributed by atoms with E-state index < -0.39 is 0 Å². The molecule has 1 aromatic carbocycles. The summed E-state index contributed by atoms with van der Waals surface area (Å²) in [7, 11) is 2.12. The van der Waals surface area contributed by atoms with E-state index >= 15 is 0 Å². The minimum absolute atomic E-state index is 0.331. The van der Waals surface area contributed by atoms with Gasteiger partial charge in [0, 0.05) is 28.6 Å². The average molecular weight is 368 g/mol. The van der Waals surface area contributed by atoms with Crippen molar-refractivity contribution in [3.63, 3.8) is 0 Å². The monoisotopic (exact) mass is 367 g/mol. The molecule has 0 aliphatic heterocycles. The van der Waals surface area contributed by atoms with Crippen molar-refractivity contribution < 1.29 is 0 Å². The van der Waals surface area contributed by atoms with Crippen LogP contribution in [0.25, 0.3) is 0 Å². The van der Waals surface area contributed by atoms with Crippen molar-refractivity contribution in [1.29, 1.82) is 0 Å². The van der Waals surface area contributed by atoms with Crippen molar-refractivity contribution in [2.45, 2.75) is 33.4 Å². The summed E-state index contributed by atoms with van der Waals surface area (Å²) in [6.45, 7) is 8.18. The fourth-order valence-electron chi connectivity index (χ4n) is 2.44. The molecule has 1 N–H and O–H groups in total. The van der Waals surface area contributed by atoms with E-state index in [-0.39, 0.29) is 0 Å². The van der Waals surface area contributed by atoms with Gasteiger partial charge in [0.25, 0.3) is 0 Å². The molecule has 0 radical (unpaired) electrons. The molecule has 0 spiro atoms. The van der Waals surface area contributed by atoms with E-state index in [1.54, 1.807) is 11.3 Å². The number of thiazole rings is 1. The van der Waals surface area contributed by atoms with Crippen LogP contribution in [0.2, 0.25) is 0 Å². The highest BCUT2D eigenvalue weighted by Crippen LogP contribution is 2.30. The molecule has 0 saturated carbocycles. The Morgan fingerprint density at radius 1 is 1.43 bits per heavy atom. The summed E-state index contributed by atoms with van der Waals surface area (Å²) in [6.07, 6.45) is 0. The van der Waals surface area contributed by atoms with Gasteiger partial charge in [-0.1, -0.05) is 28.9 Å². The second-order valence-electron chi connectivity index (χ2n) is 5.20. The standard InChI is InChI=1S/C16H22BrN3S/c1-5-18-11(2)15-7-6-13(17)8-16(15)20(4)9-14-10-21-12(3)19-14/h6-8,10-11,18H,5,9H2,1-4H3. The number of hydrogen-bond donors (Lipinski definition) is 1. The van der Waals surface area contributed by atoms with Gasteiger partial charge in [0.05, 0.1) is 17.2 Å². The van der Waals surface area contributed by atoms with Gasteiger partial charge < -0.3 is 10.2 Å². The van der Waals surface area contributed by atoms with E-state index in [0.717, 1.165) is 28.3 Å². The summed E-state index contributed by atoms with van der Waals surface area (Å²) in [5.74, 6) is 0. The molecule has 5 heteroatoms. The maximum absolute atomic E-state index is 4.56. The largest absolute Gasteiger partial charge is 0.368 e. The Balaban J connectivity index is 2.25. The van der Waals surface area contributed by atoms with Gasteiger partial charge in [-0.3, -0.25) is 0 Å². The van der Waals surface area contributed by atoms with Crippen LogP contribution in [-0.2, 0) is 6.54 Å². The number of rotatable bonds is 6. The van der Waals surface area contributed by atoms with Crippen molar-refractivity contribution in [2.24, 2.45) is 0 Å². The van der Waals surface area contributed by atoms with E-state index in [0.29, 0.717) is 6.04 Å². The lowest BCUT2D eigenvalue weighted by Gasteiger charge is -2.25. The SMILES string of the molecule is CCNC(C)c1ccc(Br)cc1N(C)Cc1csc(C)n1. The molecule has 0 aliphatic rings. The first kappa shape index (κ1) is 16.5. The molecule has 0 bridgehead atoms. The maximum Gasteiger partial charge on any atom is 0.0898 e. The molecule has 2 aromatic rings. The number of aromatic nitrogens is 1. The van der Waals surface area contributed by atoms with Gasteiger partial charge in [0.1, 0.15) is 0 Å². The van der Waals surface area contributed by atoms with E-state index in [1.807, 2.05) is 6.92 Å². The minimum atomic E-state index is 0.331. The molecule has 2 rings (SSSR count). The molecule has 0 amide bonds. The topological polar surface area (TPSA) is 28.2 Å². The quantitative estimate of drug-likeness (QED) is 0.813. The Kier molecular flexibility index (Phi) is 5.79. The van der Waals surface area contributed by atoms with Crippen molar-refractivity contribution in [3.8, 4) is 0 Å². The molecule has 1 heterocycles. The first-order valence-electron chi connectivity index (χ1n) is 7.16. The Morgan fingerprint density at radius 3 is 2.81 bits per heavy atom. The lowest BCUT2D eigenvalue weighted by atomic mass is 10.1. The van der Waals surface area contributed by atoms with Crippen LogP contribution >= 0.6 is 27.3 Å². The fourth-order valence-corrected chi connectivity index (χ4v) is 3.39. The molecule has 1 atom stereocenters. The Bertz CT molecular complexity index is 597. The second-order valence-corrected chi connectivity index (χ2v) is 7.17. The Labute approximate surface area is 139 Å². The van der Waals surface area contributed by atoms with E-state index in [2.05, 4.69) is 75.6 Å². The summed E-state index contributed by atoms with van der Waals surface area (Å²) >= 11 is 5.29. The smallest absolute Gasteiger partial charge is 0.0898 e. The van der Waals surface area contributed by atoms with Crippen molar-refractivity contribution in [1.82, 2.24) is 10.3 Å². The van der Waals surface area contributed by atoms with Gasteiger partial charge in [0.15, 0.2) is 0 Å². The fraction of sp³-hybridized carbons (Fsp3) is 0.438. The van der Waals surface area contributed by atoms with Crippen molar-refractivity contribution in [2.75, 3.05) is 18.5 Å². The van der Waals surface area contributed by atoms with Crippen LogP contribution in [0.5, 0.6) is 0 Å². The second kappa shape index (κ2) is 7.38. The Hall–Kier alpha value is -0.910. The van der Waals surface area contributed by atoms with Gasteiger partial charge in [-0.15, -0.1) is 11.3 Å². The minimum Gasteiger partial charge on any atom is -0.368 e. The summed E-state index contributed by atoms with van der Waals surface area (Å²) in [4.78, 5) is 6.83. The molecule has 114 valence electrons. The highest BCUT2D eigenvalue weighted by atomic mass is 79.9. The van der Waals surface area contributed by atoms with Gasteiger partial charge in [0.2, 0.25) is 0 Å². The number of anilines is 1. The number of halogens is 1. The third kappa shape index (κ3) is 4.28. The molecule has 0 aliphatic carbocycles. The first-order chi connectivity index (χ1) is 10.0. The lowest BCUT2D eigenvalue weighted by Crippen LogP contribution is -2.23. The average Bonchev–Trinajstić information content (AvgIpc) is 2.84. The summed E-state index contributed by atoms with van der Waals surface area (Å²) < 4.78 is 1.10. The lowest BCUT2D eigenvalue weighted by molar-refractivity contribution is 0.596. The molecule has 21 heavy (non-hydrogen) atoms. The predicted octanol–water partition coefficient (Wildman–Crippen LogP) is 4.52. The molecule has 0 fully saturated rings. The van der Waals surface area contributed by atoms with Crippen LogP contribution in [0.15, 0.2) is 28.1 Å². The predicted molar refractivity (Wildman–Crippen MR) is 95.2 cm³/mol. The maximum atomic E-state index is 4.56. The number of nitrogens with one attached hydrogen (secondary N) is 1. The highest BCUT2D eigenvalue weighted by molar-refractivity contribution is 9.10. The van der Waals surface area contributed by atoms with Crippen LogP contribution < -0.4 is 10.2 Å². The third-order valence-corrected chi connectivity index (χ3v) is 4.76. The summed E-state index contributed by atoms with van der Waals surface area (Å²) in [5.41, 5.74) is 3.68. The van der Waals surface area contributed by atoms with Gasteiger partial charge in [-0.2, -0.15) is 0 Å². The highest BCUT2D eigenvalue weighted by Gasteiger charge is 2.14. The zero-order valence-corrected chi connectivity index (χ0v) is 15.4. The van der Waals surface area contributed by atoms with Crippen molar-refractivity contribution in [3.05, 3.63) is 44.3 Å². The van der Waals surface area contributed by atoms with Crippen LogP contribution in [0.4, 0.5) is 5.69 Å². The molecular weight excluding hydrogens is 346 g/mol. The molecular formula is C16H22BrN3S. The molecule has 1 aromatic heterocycles. The van der Waals surface area contributed by atoms with E-state index in [9.17, 15) is 0 Å². The van der Waals surface area contributed by atoms with E-state index in [4.69, 9.17) is 0 Å². The number of aryl methyl sites for hydroxylation is 1. The molecule has 1 unspecified atom stereocenters. The normalized spacial score (nSPS) is 12.4. The van der Waals surface area contributed by atoms with Gasteiger partial charge in [-0.05, 0) is 38.1 Å². The summed E-state index contributed by atoms with van der Waals surface area (Å²) in [5, 5.41) is 6.74.